The van der Waals surface area contributed by atoms with E-state index in [2.05, 4.69) is 27.0 Å². The molecule has 0 saturated carbocycles. The summed E-state index contributed by atoms with van der Waals surface area (Å²) in [6, 6.07) is 15.7. The zero-order chi connectivity index (χ0) is 17.4. The van der Waals surface area contributed by atoms with Crippen molar-refractivity contribution in [2.45, 2.75) is 18.8 Å². The van der Waals surface area contributed by atoms with Crippen molar-refractivity contribution in [3.8, 4) is 0 Å². The highest BCUT2D eigenvalue weighted by Gasteiger charge is 2.25. The summed E-state index contributed by atoms with van der Waals surface area (Å²) in [4.78, 5) is 18.1. The van der Waals surface area contributed by atoms with Gasteiger partial charge in [-0.15, -0.1) is 0 Å². The summed E-state index contributed by atoms with van der Waals surface area (Å²) >= 11 is 9.51. The van der Waals surface area contributed by atoms with Crippen molar-refractivity contribution in [1.82, 2.24) is 9.88 Å². The van der Waals surface area contributed by atoms with E-state index < -0.39 is 0 Å². The van der Waals surface area contributed by atoms with Crippen LogP contribution in [-0.4, -0.2) is 28.9 Å². The highest BCUT2D eigenvalue weighted by atomic mass is 79.9. The van der Waals surface area contributed by atoms with Crippen molar-refractivity contribution in [3.63, 3.8) is 0 Å². The Bertz CT molecular complexity index is 928. The molecule has 25 heavy (non-hydrogen) atoms. The van der Waals surface area contributed by atoms with Crippen LogP contribution in [0.15, 0.2) is 53.0 Å². The number of aromatic amines is 1. The van der Waals surface area contributed by atoms with Crippen molar-refractivity contribution in [3.05, 3.63) is 69.3 Å². The van der Waals surface area contributed by atoms with Crippen molar-refractivity contribution >= 4 is 44.3 Å². The van der Waals surface area contributed by atoms with E-state index in [-0.39, 0.29) is 5.91 Å². The maximum Gasteiger partial charge on any atom is 0.253 e. The molecule has 2 heterocycles. The quantitative estimate of drug-likeness (QED) is 0.578. The van der Waals surface area contributed by atoms with Crippen LogP contribution in [0.1, 0.15) is 34.8 Å². The van der Waals surface area contributed by atoms with Gasteiger partial charge in [-0.3, -0.25) is 4.79 Å². The third kappa shape index (κ3) is 3.46. The first-order chi connectivity index (χ1) is 12.1. The number of H-pyrrole nitrogens is 1. The summed E-state index contributed by atoms with van der Waals surface area (Å²) in [5, 5.41) is 1.91. The molecule has 0 aliphatic carbocycles. The summed E-state index contributed by atoms with van der Waals surface area (Å²) in [7, 11) is 0. The van der Waals surface area contributed by atoms with Gasteiger partial charge in [0.2, 0.25) is 0 Å². The number of halogens is 2. The van der Waals surface area contributed by atoms with Crippen LogP contribution in [0, 0.1) is 0 Å². The van der Waals surface area contributed by atoms with Gasteiger partial charge in [0.15, 0.2) is 0 Å². The molecule has 1 N–H and O–H groups in total. The minimum Gasteiger partial charge on any atom is -0.358 e. The monoisotopic (exact) mass is 416 g/mol. The first-order valence-electron chi connectivity index (χ1n) is 8.43. The highest BCUT2D eigenvalue weighted by molar-refractivity contribution is 9.10. The summed E-state index contributed by atoms with van der Waals surface area (Å²) in [5.41, 5.74) is 3.10. The van der Waals surface area contributed by atoms with Gasteiger partial charge >= 0.3 is 0 Å². The molecular formula is C20H18BrClN2O. The number of fused-ring (bicyclic) bond motifs is 1. The Balaban J connectivity index is 1.46. The number of aromatic nitrogens is 1. The van der Waals surface area contributed by atoms with Crippen LogP contribution >= 0.6 is 27.5 Å². The smallest absolute Gasteiger partial charge is 0.253 e. The molecular weight excluding hydrogens is 400 g/mol. The Labute approximate surface area is 160 Å². The molecule has 1 aliphatic rings. The Hall–Kier alpha value is -1.78. The van der Waals surface area contributed by atoms with Crippen LogP contribution in [0.25, 0.3) is 10.9 Å². The van der Waals surface area contributed by atoms with Gasteiger partial charge in [-0.25, -0.2) is 0 Å². The van der Waals surface area contributed by atoms with Crippen LogP contribution < -0.4 is 0 Å². The van der Waals surface area contributed by atoms with Crippen molar-refractivity contribution < 1.29 is 4.79 Å². The molecule has 5 heteroatoms. The lowest BCUT2D eigenvalue weighted by molar-refractivity contribution is 0.0712. The number of amides is 1. The summed E-state index contributed by atoms with van der Waals surface area (Å²) < 4.78 is 0.935. The number of benzene rings is 2. The molecule has 0 atom stereocenters. The van der Waals surface area contributed by atoms with E-state index in [1.807, 2.05) is 47.4 Å². The zero-order valence-electron chi connectivity index (χ0n) is 13.6. The highest BCUT2D eigenvalue weighted by Crippen LogP contribution is 2.31. The largest absolute Gasteiger partial charge is 0.358 e. The second-order valence-corrected chi connectivity index (χ2v) is 7.89. The van der Waals surface area contributed by atoms with E-state index >= 15 is 0 Å². The molecule has 1 amide bonds. The second-order valence-electron chi connectivity index (χ2n) is 6.53. The molecule has 1 aliphatic heterocycles. The predicted molar refractivity (Wildman–Crippen MR) is 105 cm³/mol. The number of hydrogen-bond donors (Lipinski definition) is 1. The Morgan fingerprint density at radius 2 is 1.92 bits per heavy atom. The molecule has 0 bridgehead atoms. The lowest BCUT2D eigenvalue weighted by Gasteiger charge is -2.31. The molecule has 3 nitrogen and oxygen atoms in total. The summed E-state index contributed by atoms with van der Waals surface area (Å²) in [5.74, 6) is 0.570. The van der Waals surface area contributed by atoms with Crippen LogP contribution in [0.4, 0.5) is 0 Å². The van der Waals surface area contributed by atoms with Crippen molar-refractivity contribution in [1.29, 1.82) is 0 Å². The normalized spacial score (nSPS) is 15.7. The average Bonchev–Trinajstić information content (AvgIpc) is 3.04. The summed E-state index contributed by atoms with van der Waals surface area (Å²) in [6.07, 6.45) is 1.95. The first kappa shape index (κ1) is 16.7. The van der Waals surface area contributed by atoms with Gasteiger partial charge in [-0.05, 0) is 55.3 Å². The fourth-order valence-corrected chi connectivity index (χ4v) is 4.12. The molecule has 4 rings (SSSR count). The van der Waals surface area contributed by atoms with E-state index in [1.54, 1.807) is 0 Å². The number of nitrogens with zero attached hydrogens (tertiary/aromatic N) is 1. The molecule has 128 valence electrons. The number of piperidine rings is 1. The first-order valence-corrected chi connectivity index (χ1v) is 9.60. The van der Waals surface area contributed by atoms with Gasteiger partial charge in [0, 0.05) is 50.7 Å². The Kier molecular flexibility index (Phi) is 4.57. The third-order valence-corrected chi connectivity index (χ3v) is 5.63. The summed E-state index contributed by atoms with van der Waals surface area (Å²) in [6.45, 7) is 1.57. The lowest BCUT2D eigenvalue weighted by atomic mass is 9.93. The standard InChI is InChI=1S/C20H18BrClN2O/c21-16-3-1-2-14(10-16)20(25)24-8-6-13(7-9-24)19-12-15-11-17(22)4-5-18(15)23-19/h1-5,10-13,23H,6-9H2. The van der Waals surface area contributed by atoms with Crippen molar-refractivity contribution in [2.24, 2.45) is 0 Å². The zero-order valence-corrected chi connectivity index (χ0v) is 16.0. The van der Waals surface area contributed by atoms with Gasteiger partial charge in [-0.2, -0.15) is 0 Å². The van der Waals surface area contributed by atoms with Crippen LogP contribution in [0.3, 0.4) is 0 Å². The van der Waals surface area contributed by atoms with Crippen LogP contribution in [-0.2, 0) is 0 Å². The van der Waals surface area contributed by atoms with Gasteiger partial charge < -0.3 is 9.88 Å². The minimum absolute atomic E-state index is 0.114. The molecule has 2 aromatic carbocycles. The molecule has 0 radical (unpaired) electrons. The fraction of sp³-hybridized carbons (Fsp3) is 0.250. The van der Waals surface area contributed by atoms with Gasteiger partial charge in [0.1, 0.15) is 0 Å². The van der Waals surface area contributed by atoms with Crippen LogP contribution in [0.5, 0.6) is 0 Å². The molecule has 0 spiro atoms. The minimum atomic E-state index is 0.114. The second kappa shape index (κ2) is 6.85. The maximum atomic E-state index is 12.7. The maximum absolute atomic E-state index is 12.7. The fourth-order valence-electron chi connectivity index (χ4n) is 3.54. The molecule has 3 aromatic rings. The molecule has 1 aromatic heterocycles. The number of carbonyl (C=O) groups excluding carboxylic acids is 1. The van der Waals surface area contributed by atoms with E-state index in [1.165, 1.54) is 5.69 Å². The average molecular weight is 418 g/mol. The van der Waals surface area contributed by atoms with E-state index in [4.69, 9.17) is 11.6 Å². The predicted octanol–water partition coefficient (Wildman–Crippen LogP) is 5.60. The Morgan fingerprint density at radius 1 is 1.12 bits per heavy atom. The van der Waals surface area contributed by atoms with Gasteiger partial charge in [-0.1, -0.05) is 33.6 Å². The van der Waals surface area contributed by atoms with Crippen LogP contribution in [0.2, 0.25) is 5.02 Å². The molecule has 1 saturated heterocycles. The molecule has 1 fully saturated rings. The number of carbonyl (C=O) groups is 1. The van der Waals surface area contributed by atoms with Gasteiger partial charge in [0.25, 0.3) is 5.91 Å². The van der Waals surface area contributed by atoms with E-state index in [0.717, 1.165) is 51.9 Å². The third-order valence-electron chi connectivity index (χ3n) is 4.90. The molecule has 0 unspecified atom stereocenters. The lowest BCUT2D eigenvalue weighted by Crippen LogP contribution is -2.38. The number of nitrogens with one attached hydrogen (secondary N) is 1. The Morgan fingerprint density at radius 3 is 2.68 bits per heavy atom. The van der Waals surface area contributed by atoms with Crippen molar-refractivity contribution in [2.75, 3.05) is 13.1 Å². The topological polar surface area (TPSA) is 36.1 Å². The number of hydrogen-bond acceptors (Lipinski definition) is 1. The number of rotatable bonds is 2. The van der Waals surface area contributed by atoms with E-state index in [9.17, 15) is 4.79 Å². The van der Waals surface area contributed by atoms with E-state index in [0.29, 0.717) is 5.92 Å². The number of likely N-dealkylation sites (tertiary alicyclic amines) is 1. The van der Waals surface area contributed by atoms with Gasteiger partial charge in [0.05, 0.1) is 0 Å². The SMILES string of the molecule is O=C(c1cccc(Br)c1)N1CCC(c2cc3cc(Cl)ccc3[nH]2)CC1.